The van der Waals surface area contributed by atoms with Gasteiger partial charge in [-0.3, -0.25) is 20.2 Å². The number of hydrogen-bond acceptors (Lipinski definition) is 6. The summed E-state index contributed by atoms with van der Waals surface area (Å²) >= 11 is 0. The first kappa shape index (κ1) is 15.3. The lowest BCUT2D eigenvalue weighted by Crippen LogP contribution is -2.45. The topological polar surface area (TPSA) is 108 Å². The van der Waals surface area contributed by atoms with Crippen LogP contribution in [-0.4, -0.2) is 28.6 Å². The maximum absolute atomic E-state index is 11.0. The molecule has 21 heavy (non-hydrogen) atoms. The largest absolute Gasteiger partial charge is 0.378 e. The van der Waals surface area contributed by atoms with Crippen molar-refractivity contribution < 1.29 is 14.6 Å². The van der Waals surface area contributed by atoms with Gasteiger partial charge in [0.15, 0.2) is 0 Å². The Kier molecular flexibility index (Phi) is 4.81. The monoisotopic (exact) mass is 295 g/mol. The van der Waals surface area contributed by atoms with E-state index >= 15 is 0 Å². The van der Waals surface area contributed by atoms with E-state index in [1.165, 1.54) is 12.1 Å². The summed E-state index contributed by atoms with van der Waals surface area (Å²) in [6, 6.07) is 3.99. The zero-order chi connectivity index (χ0) is 15.4. The van der Waals surface area contributed by atoms with Crippen LogP contribution in [0.25, 0.3) is 0 Å². The number of nitrogens with zero attached hydrogens (tertiary/aromatic N) is 2. The van der Waals surface area contributed by atoms with Crippen molar-refractivity contribution in [3.63, 3.8) is 0 Å². The molecular weight excluding hydrogens is 278 g/mol. The zero-order valence-corrected chi connectivity index (χ0v) is 11.7. The second kappa shape index (κ2) is 6.59. The van der Waals surface area contributed by atoms with E-state index < -0.39 is 9.85 Å². The summed E-state index contributed by atoms with van der Waals surface area (Å²) in [6.07, 6.45) is 2.03. The van der Waals surface area contributed by atoms with Crippen LogP contribution < -0.4 is 5.32 Å². The molecule has 0 bridgehead atoms. The molecule has 0 atom stereocenters. The van der Waals surface area contributed by atoms with E-state index in [2.05, 4.69) is 5.32 Å². The SMILES string of the molecule is CCOC1CC(NCc2ccc([N+](=O)[O-])cc2[N+](=O)[O-])C1. The Labute approximate surface area is 121 Å². The Hall–Kier alpha value is -2.06. The molecule has 1 aromatic rings. The molecule has 1 aliphatic carbocycles. The highest BCUT2D eigenvalue weighted by atomic mass is 16.6. The third-order valence-corrected chi connectivity index (χ3v) is 3.55. The molecule has 1 fully saturated rings. The van der Waals surface area contributed by atoms with Crippen LogP contribution in [0.5, 0.6) is 0 Å². The normalized spacial score (nSPS) is 20.8. The smallest absolute Gasteiger partial charge is 0.280 e. The number of nitro benzene ring substituents is 2. The highest BCUT2D eigenvalue weighted by Gasteiger charge is 2.29. The van der Waals surface area contributed by atoms with E-state index in [1.807, 2.05) is 6.92 Å². The van der Waals surface area contributed by atoms with Gasteiger partial charge < -0.3 is 10.1 Å². The Morgan fingerprint density at radius 3 is 2.57 bits per heavy atom. The molecule has 2 rings (SSSR count). The van der Waals surface area contributed by atoms with Crippen molar-refractivity contribution in [2.75, 3.05) is 6.61 Å². The quantitative estimate of drug-likeness (QED) is 0.610. The fourth-order valence-corrected chi connectivity index (χ4v) is 2.34. The van der Waals surface area contributed by atoms with Gasteiger partial charge in [0.05, 0.1) is 22.0 Å². The van der Waals surface area contributed by atoms with E-state index in [0.717, 1.165) is 18.9 Å². The Morgan fingerprint density at radius 2 is 2.00 bits per heavy atom. The number of ether oxygens (including phenoxy) is 1. The highest BCUT2D eigenvalue weighted by Crippen LogP contribution is 2.27. The minimum atomic E-state index is -0.636. The van der Waals surface area contributed by atoms with Gasteiger partial charge in [-0.05, 0) is 25.8 Å². The van der Waals surface area contributed by atoms with Crippen molar-refractivity contribution >= 4 is 11.4 Å². The molecule has 0 aliphatic heterocycles. The van der Waals surface area contributed by atoms with Crippen LogP contribution in [0.4, 0.5) is 11.4 Å². The summed E-state index contributed by atoms with van der Waals surface area (Å²) in [5.74, 6) is 0. The van der Waals surface area contributed by atoms with Gasteiger partial charge in [-0.15, -0.1) is 0 Å². The molecule has 0 aromatic heterocycles. The molecular formula is C13H17N3O5. The summed E-state index contributed by atoms with van der Waals surface area (Å²) in [6.45, 7) is 2.95. The van der Waals surface area contributed by atoms with Crippen LogP contribution in [0.2, 0.25) is 0 Å². The van der Waals surface area contributed by atoms with Gasteiger partial charge in [0.25, 0.3) is 11.4 Å². The Bertz CT molecular complexity index is 543. The maximum Gasteiger partial charge on any atom is 0.280 e. The third kappa shape index (κ3) is 3.73. The number of nitrogens with one attached hydrogen (secondary N) is 1. The minimum Gasteiger partial charge on any atom is -0.378 e. The number of benzene rings is 1. The molecule has 8 heteroatoms. The summed E-state index contributed by atoms with van der Waals surface area (Å²) in [5, 5.41) is 24.9. The van der Waals surface area contributed by atoms with E-state index in [1.54, 1.807) is 0 Å². The van der Waals surface area contributed by atoms with E-state index in [9.17, 15) is 20.2 Å². The predicted molar refractivity (Wildman–Crippen MR) is 75.0 cm³/mol. The first-order valence-electron chi connectivity index (χ1n) is 6.78. The molecule has 1 N–H and O–H groups in total. The zero-order valence-electron chi connectivity index (χ0n) is 11.7. The number of nitro groups is 2. The molecule has 8 nitrogen and oxygen atoms in total. The molecule has 1 aromatic carbocycles. The molecule has 0 amide bonds. The van der Waals surface area contributed by atoms with Gasteiger partial charge >= 0.3 is 0 Å². The fraction of sp³-hybridized carbons (Fsp3) is 0.538. The predicted octanol–water partition coefficient (Wildman–Crippen LogP) is 2.16. The fourth-order valence-electron chi connectivity index (χ4n) is 2.34. The maximum atomic E-state index is 11.0. The van der Waals surface area contributed by atoms with Crippen LogP contribution in [0.3, 0.4) is 0 Å². The summed E-state index contributed by atoms with van der Waals surface area (Å²) in [4.78, 5) is 20.4. The van der Waals surface area contributed by atoms with E-state index in [-0.39, 0.29) is 23.5 Å². The van der Waals surface area contributed by atoms with Crippen LogP contribution in [0.1, 0.15) is 25.3 Å². The summed E-state index contributed by atoms with van der Waals surface area (Å²) in [7, 11) is 0. The molecule has 0 radical (unpaired) electrons. The van der Waals surface area contributed by atoms with Crippen molar-refractivity contribution in [1.29, 1.82) is 0 Å². The van der Waals surface area contributed by atoms with Crippen LogP contribution in [0, 0.1) is 20.2 Å². The molecule has 0 saturated heterocycles. The summed E-state index contributed by atoms with van der Waals surface area (Å²) < 4.78 is 5.44. The van der Waals surface area contributed by atoms with Crippen LogP contribution in [0.15, 0.2) is 18.2 Å². The van der Waals surface area contributed by atoms with Crippen molar-refractivity contribution in [1.82, 2.24) is 5.32 Å². The Balaban J connectivity index is 1.97. The second-order valence-corrected chi connectivity index (χ2v) is 4.95. The lowest BCUT2D eigenvalue weighted by molar-refractivity contribution is -0.394. The standard InChI is InChI=1S/C13H17N3O5/c1-2-21-12-5-10(6-12)14-8-9-3-4-11(15(17)18)7-13(9)16(19)20/h3-4,7,10,12,14H,2,5-6,8H2,1H3. The molecule has 0 unspecified atom stereocenters. The molecule has 114 valence electrons. The van der Waals surface area contributed by atoms with Gasteiger partial charge in [-0.1, -0.05) is 0 Å². The third-order valence-electron chi connectivity index (χ3n) is 3.55. The second-order valence-electron chi connectivity index (χ2n) is 4.95. The first-order chi connectivity index (χ1) is 10.0. The summed E-state index contributed by atoms with van der Waals surface area (Å²) in [5.41, 5.74) is -0.0478. The first-order valence-corrected chi connectivity index (χ1v) is 6.78. The average Bonchev–Trinajstić information content (AvgIpc) is 2.40. The van der Waals surface area contributed by atoms with Crippen molar-refractivity contribution in [2.45, 2.75) is 38.5 Å². The van der Waals surface area contributed by atoms with Crippen molar-refractivity contribution in [2.24, 2.45) is 0 Å². The molecule has 0 heterocycles. The Morgan fingerprint density at radius 1 is 1.29 bits per heavy atom. The van der Waals surface area contributed by atoms with Gasteiger partial charge in [0.2, 0.25) is 0 Å². The van der Waals surface area contributed by atoms with E-state index in [4.69, 9.17) is 4.74 Å². The lowest BCUT2D eigenvalue weighted by atomic mass is 9.89. The van der Waals surface area contributed by atoms with Crippen LogP contribution in [-0.2, 0) is 11.3 Å². The highest BCUT2D eigenvalue weighted by molar-refractivity contribution is 5.49. The minimum absolute atomic E-state index is 0.225. The van der Waals surface area contributed by atoms with E-state index in [0.29, 0.717) is 18.7 Å². The van der Waals surface area contributed by atoms with Crippen LogP contribution >= 0.6 is 0 Å². The molecule has 1 saturated carbocycles. The van der Waals surface area contributed by atoms with Gasteiger partial charge in [-0.25, -0.2) is 0 Å². The van der Waals surface area contributed by atoms with Gasteiger partial charge in [0, 0.05) is 30.8 Å². The van der Waals surface area contributed by atoms with Gasteiger partial charge in [0.1, 0.15) is 0 Å². The molecule has 1 aliphatic rings. The van der Waals surface area contributed by atoms with Crippen molar-refractivity contribution in [3.05, 3.63) is 44.0 Å². The number of rotatable bonds is 7. The average molecular weight is 295 g/mol. The van der Waals surface area contributed by atoms with Crippen molar-refractivity contribution in [3.8, 4) is 0 Å². The number of hydrogen-bond donors (Lipinski definition) is 1. The van der Waals surface area contributed by atoms with Gasteiger partial charge in [-0.2, -0.15) is 0 Å². The lowest BCUT2D eigenvalue weighted by Gasteiger charge is -2.35. The molecule has 0 spiro atoms. The number of non-ortho nitro benzene ring substituents is 1.